The fourth-order valence-electron chi connectivity index (χ4n) is 3.09. The van der Waals surface area contributed by atoms with E-state index in [1.807, 2.05) is 42.7 Å². The molecule has 0 saturated carbocycles. The van der Waals surface area contributed by atoms with Gasteiger partial charge in [-0.2, -0.15) is 4.31 Å². The summed E-state index contributed by atoms with van der Waals surface area (Å²) in [5, 5.41) is 2.81. The molecule has 1 aromatic heterocycles. The van der Waals surface area contributed by atoms with Crippen molar-refractivity contribution in [3.8, 4) is 5.69 Å². The number of sulfonamides is 1. The Hall–Kier alpha value is -2.19. The topological polar surface area (TPSA) is 84.3 Å². The van der Waals surface area contributed by atoms with Gasteiger partial charge in [-0.3, -0.25) is 4.79 Å². The number of nitrogens with zero attached hydrogens (tertiary/aromatic N) is 3. The Kier molecular flexibility index (Phi) is 4.66. The third-order valence-corrected chi connectivity index (χ3v) is 5.89. The second-order valence-electron chi connectivity index (χ2n) is 6.35. The smallest absolute Gasteiger partial charge is 0.242 e. The lowest BCUT2D eigenvalue weighted by atomic mass is 10.2. The fourth-order valence-corrected chi connectivity index (χ4v) is 4.21. The van der Waals surface area contributed by atoms with Gasteiger partial charge in [0.2, 0.25) is 15.9 Å². The predicted octanol–water partition coefficient (Wildman–Crippen LogP) is 1.85. The number of carbonyl (C=O) groups is 1. The van der Waals surface area contributed by atoms with Crippen molar-refractivity contribution in [1.29, 1.82) is 0 Å². The summed E-state index contributed by atoms with van der Waals surface area (Å²) in [7, 11) is -3.37. The number of hydrogen-bond acceptors (Lipinski definition) is 4. The van der Waals surface area contributed by atoms with Crippen LogP contribution in [0.2, 0.25) is 0 Å². The number of benzene rings is 1. The maximum absolute atomic E-state index is 12.5. The van der Waals surface area contributed by atoms with Crippen molar-refractivity contribution in [3.63, 3.8) is 0 Å². The Bertz CT molecular complexity index is 887. The molecule has 1 amide bonds. The van der Waals surface area contributed by atoms with Crippen LogP contribution in [-0.2, 0) is 14.8 Å². The second kappa shape index (κ2) is 6.61. The number of hydrogen-bond donors (Lipinski definition) is 1. The number of carbonyl (C=O) groups excluding carboxylic acids is 1. The molecule has 0 radical (unpaired) electrons. The summed E-state index contributed by atoms with van der Waals surface area (Å²) < 4.78 is 26.8. The van der Waals surface area contributed by atoms with E-state index < -0.39 is 16.1 Å². The summed E-state index contributed by atoms with van der Waals surface area (Å²) in [6, 6.07) is 6.77. The Morgan fingerprint density at radius 3 is 2.48 bits per heavy atom. The van der Waals surface area contributed by atoms with E-state index in [0.29, 0.717) is 25.1 Å². The Balaban J connectivity index is 1.73. The van der Waals surface area contributed by atoms with Crippen molar-refractivity contribution < 1.29 is 13.2 Å². The molecule has 1 unspecified atom stereocenters. The van der Waals surface area contributed by atoms with Crippen LogP contribution in [0.4, 0.5) is 5.69 Å². The van der Waals surface area contributed by atoms with Crippen LogP contribution in [0.3, 0.4) is 0 Å². The highest BCUT2D eigenvalue weighted by atomic mass is 32.2. The van der Waals surface area contributed by atoms with E-state index >= 15 is 0 Å². The lowest BCUT2D eigenvalue weighted by molar-refractivity contribution is -0.119. The predicted molar refractivity (Wildman–Crippen MR) is 96.2 cm³/mol. The molecule has 1 fully saturated rings. The van der Waals surface area contributed by atoms with Gasteiger partial charge in [-0.15, -0.1) is 0 Å². The molecule has 2 heterocycles. The minimum atomic E-state index is -3.37. The molecule has 3 rings (SSSR count). The summed E-state index contributed by atoms with van der Waals surface area (Å²) in [5.74, 6) is -0.287. The lowest BCUT2D eigenvalue weighted by Gasteiger charge is -2.21. The number of aryl methyl sites for hydroxylation is 1. The number of rotatable bonds is 4. The van der Waals surface area contributed by atoms with Crippen LogP contribution in [0.25, 0.3) is 5.69 Å². The van der Waals surface area contributed by atoms with Crippen LogP contribution in [-0.4, -0.2) is 47.0 Å². The highest BCUT2D eigenvalue weighted by molar-refractivity contribution is 7.88. The summed E-state index contributed by atoms with van der Waals surface area (Å²) in [6.07, 6.45) is 4.15. The number of nitrogens with one attached hydrogen (secondary N) is 1. The molecule has 0 bridgehead atoms. The summed E-state index contributed by atoms with van der Waals surface area (Å²) in [6.45, 7) is 4.35. The molecule has 7 nitrogen and oxygen atoms in total. The molecular formula is C17H22N4O3S. The molecule has 1 aliphatic rings. The summed E-state index contributed by atoms with van der Waals surface area (Å²) in [4.78, 5) is 16.7. The van der Waals surface area contributed by atoms with E-state index in [4.69, 9.17) is 0 Å². The van der Waals surface area contributed by atoms with Crippen LogP contribution < -0.4 is 5.32 Å². The summed E-state index contributed by atoms with van der Waals surface area (Å²) >= 11 is 0. The first-order valence-electron chi connectivity index (χ1n) is 8.16. The molecule has 8 heteroatoms. The number of aromatic nitrogens is 2. The molecule has 1 aromatic carbocycles. The molecular weight excluding hydrogens is 340 g/mol. The second-order valence-corrected chi connectivity index (χ2v) is 8.29. The van der Waals surface area contributed by atoms with Crippen LogP contribution in [0.5, 0.6) is 0 Å². The van der Waals surface area contributed by atoms with Gasteiger partial charge < -0.3 is 9.88 Å². The van der Waals surface area contributed by atoms with Crippen molar-refractivity contribution in [2.24, 2.45) is 0 Å². The lowest BCUT2D eigenvalue weighted by Crippen LogP contribution is -2.42. The third-order valence-electron chi connectivity index (χ3n) is 4.60. The monoisotopic (exact) mass is 362 g/mol. The highest BCUT2D eigenvalue weighted by Gasteiger charge is 2.36. The van der Waals surface area contributed by atoms with Crippen LogP contribution in [0.15, 0.2) is 30.6 Å². The zero-order valence-electron chi connectivity index (χ0n) is 14.6. The summed E-state index contributed by atoms with van der Waals surface area (Å²) in [5.41, 5.74) is 3.63. The molecule has 0 spiro atoms. The van der Waals surface area contributed by atoms with Gasteiger partial charge in [0, 0.05) is 23.6 Å². The van der Waals surface area contributed by atoms with Gasteiger partial charge in [-0.05, 0) is 51.0 Å². The van der Waals surface area contributed by atoms with E-state index in [2.05, 4.69) is 10.3 Å². The molecule has 134 valence electrons. The SMILES string of the molecule is Cc1ncn(-c2ccc(NC(=O)C3CCCN3S(C)(=O)=O)cc2)c1C. The fraction of sp³-hybridized carbons (Fsp3) is 0.412. The number of anilines is 1. The largest absolute Gasteiger partial charge is 0.325 e. The maximum Gasteiger partial charge on any atom is 0.242 e. The number of amides is 1. The Morgan fingerprint density at radius 1 is 1.24 bits per heavy atom. The average molecular weight is 362 g/mol. The van der Waals surface area contributed by atoms with Gasteiger partial charge in [0.1, 0.15) is 6.04 Å². The molecule has 25 heavy (non-hydrogen) atoms. The minimum Gasteiger partial charge on any atom is -0.325 e. The van der Waals surface area contributed by atoms with E-state index in [0.717, 1.165) is 23.3 Å². The van der Waals surface area contributed by atoms with Gasteiger partial charge >= 0.3 is 0 Å². The zero-order chi connectivity index (χ0) is 18.2. The molecule has 1 atom stereocenters. The van der Waals surface area contributed by atoms with Crippen LogP contribution in [0, 0.1) is 13.8 Å². The first-order chi connectivity index (χ1) is 11.8. The Labute approximate surface area is 147 Å². The van der Waals surface area contributed by atoms with E-state index in [1.54, 1.807) is 6.33 Å². The first kappa shape index (κ1) is 17.6. The van der Waals surface area contributed by atoms with Gasteiger partial charge in [-0.1, -0.05) is 0 Å². The van der Waals surface area contributed by atoms with Crippen molar-refractivity contribution in [2.75, 3.05) is 18.1 Å². The van der Waals surface area contributed by atoms with E-state index in [9.17, 15) is 13.2 Å². The van der Waals surface area contributed by atoms with Gasteiger partial charge in [0.25, 0.3) is 0 Å². The van der Waals surface area contributed by atoms with Gasteiger partial charge in [0.15, 0.2) is 0 Å². The van der Waals surface area contributed by atoms with E-state index in [1.165, 1.54) is 4.31 Å². The standard InChI is InChI=1S/C17H22N4O3S/c1-12-13(2)20(11-18-12)15-8-6-14(7-9-15)19-17(22)16-5-4-10-21(16)25(3,23)24/h6-9,11,16H,4-5,10H2,1-3H3,(H,19,22). The number of imidazole rings is 1. The van der Waals surface area contributed by atoms with Gasteiger partial charge in [-0.25, -0.2) is 13.4 Å². The average Bonchev–Trinajstić information content (AvgIpc) is 3.16. The molecule has 2 aromatic rings. The quantitative estimate of drug-likeness (QED) is 0.900. The molecule has 1 aliphatic heterocycles. The Morgan fingerprint density at radius 2 is 1.92 bits per heavy atom. The maximum atomic E-state index is 12.5. The van der Waals surface area contributed by atoms with Crippen LogP contribution >= 0.6 is 0 Å². The van der Waals surface area contributed by atoms with Crippen molar-refractivity contribution in [2.45, 2.75) is 32.7 Å². The molecule has 1 N–H and O–H groups in total. The van der Waals surface area contributed by atoms with Crippen molar-refractivity contribution in [1.82, 2.24) is 13.9 Å². The third kappa shape index (κ3) is 3.59. The first-order valence-corrected chi connectivity index (χ1v) is 10.0. The molecule has 1 saturated heterocycles. The van der Waals surface area contributed by atoms with Gasteiger partial charge in [0.05, 0.1) is 18.3 Å². The zero-order valence-corrected chi connectivity index (χ0v) is 15.4. The van der Waals surface area contributed by atoms with Crippen LogP contribution in [0.1, 0.15) is 24.2 Å². The van der Waals surface area contributed by atoms with Crippen molar-refractivity contribution >= 4 is 21.6 Å². The minimum absolute atomic E-state index is 0.287. The highest BCUT2D eigenvalue weighted by Crippen LogP contribution is 2.22. The normalized spacial score (nSPS) is 18.4. The molecule has 0 aliphatic carbocycles. The van der Waals surface area contributed by atoms with Crippen molar-refractivity contribution in [3.05, 3.63) is 42.0 Å². The van der Waals surface area contributed by atoms with E-state index in [-0.39, 0.29) is 5.91 Å².